The van der Waals surface area contributed by atoms with Crippen LogP contribution in [0.3, 0.4) is 0 Å². The molecular formula is C13H16BrNS. The number of hydrogen-bond donors (Lipinski definition) is 1. The number of halogens is 1. The van der Waals surface area contributed by atoms with Gasteiger partial charge in [-0.15, -0.1) is 11.8 Å². The highest BCUT2D eigenvalue weighted by molar-refractivity contribution is 9.10. The summed E-state index contributed by atoms with van der Waals surface area (Å²) in [5.41, 5.74) is 7.59. The minimum atomic E-state index is -0.0364. The van der Waals surface area contributed by atoms with Gasteiger partial charge in [-0.05, 0) is 65.7 Å². The van der Waals surface area contributed by atoms with Crippen molar-refractivity contribution in [2.45, 2.75) is 47.8 Å². The summed E-state index contributed by atoms with van der Waals surface area (Å²) in [4.78, 5) is 1.37. The third kappa shape index (κ3) is 2.05. The molecule has 3 rings (SSSR count). The lowest BCUT2D eigenvalue weighted by atomic mass is 9.73. The highest BCUT2D eigenvalue weighted by atomic mass is 79.9. The van der Waals surface area contributed by atoms with Gasteiger partial charge in [0.2, 0.25) is 0 Å². The number of benzene rings is 1. The number of nitrogens with two attached hydrogens (primary N) is 1. The zero-order valence-corrected chi connectivity index (χ0v) is 11.6. The van der Waals surface area contributed by atoms with Gasteiger partial charge in [0.05, 0.1) is 0 Å². The van der Waals surface area contributed by atoms with E-state index in [0.717, 1.165) is 18.1 Å². The Balaban J connectivity index is 1.83. The lowest BCUT2D eigenvalue weighted by Crippen LogP contribution is -2.43. The first-order chi connectivity index (χ1) is 7.67. The average Bonchev–Trinajstić information content (AvgIpc) is 3.01. The van der Waals surface area contributed by atoms with E-state index >= 15 is 0 Å². The summed E-state index contributed by atoms with van der Waals surface area (Å²) in [5, 5.41) is 0.859. The maximum atomic E-state index is 6.33. The summed E-state index contributed by atoms with van der Waals surface area (Å²) < 4.78 is 1.22. The van der Waals surface area contributed by atoms with Crippen LogP contribution >= 0.6 is 27.7 Å². The molecule has 16 heavy (non-hydrogen) atoms. The smallest absolute Gasteiger partial charge is 0.0410 e. The van der Waals surface area contributed by atoms with E-state index in [9.17, 15) is 0 Å². The second-order valence-electron chi connectivity index (χ2n) is 4.97. The van der Waals surface area contributed by atoms with Gasteiger partial charge in [-0.25, -0.2) is 0 Å². The van der Waals surface area contributed by atoms with Gasteiger partial charge >= 0.3 is 0 Å². The molecule has 0 heterocycles. The number of thioether (sulfide) groups is 1. The van der Waals surface area contributed by atoms with Crippen LogP contribution in [-0.2, 0) is 5.54 Å². The summed E-state index contributed by atoms with van der Waals surface area (Å²) in [6, 6.07) is 6.67. The summed E-state index contributed by atoms with van der Waals surface area (Å²) >= 11 is 5.67. The van der Waals surface area contributed by atoms with Crippen molar-refractivity contribution in [1.29, 1.82) is 0 Å². The van der Waals surface area contributed by atoms with Gasteiger partial charge in [0.1, 0.15) is 0 Å². The molecule has 2 fully saturated rings. The van der Waals surface area contributed by atoms with Gasteiger partial charge in [-0.1, -0.05) is 6.07 Å². The number of rotatable bonds is 3. The maximum absolute atomic E-state index is 6.33. The van der Waals surface area contributed by atoms with Crippen LogP contribution < -0.4 is 5.73 Å². The second kappa shape index (κ2) is 4.04. The van der Waals surface area contributed by atoms with Crippen molar-refractivity contribution in [1.82, 2.24) is 0 Å². The molecule has 0 saturated heterocycles. The molecule has 1 nitrogen and oxygen atoms in total. The molecule has 3 heteroatoms. The second-order valence-corrected chi connectivity index (χ2v) is 7.17. The van der Waals surface area contributed by atoms with Crippen LogP contribution in [0.15, 0.2) is 27.6 Å². The fourth-order valence-corrected chi connectivity index (χ4v) is 3.83. The van der Waals surface area contributed by atoms with Crippen LogP contribution in [0.25, 0.3) is 0 Å². The quantitative estimate of drug-likeness (QED) is 0.911. The van der Waals surface area contributed by atoms with Crippen LogP contribution in [0.2, 0.25) is 0 Å². The first-order valence-electron chi connectivity index (χ1n) is 5.93. The summed E-state index contributed by atoms with van der Waals surface area (Å²) in [7, 11) is 0. The molecule has 2 aliphatic rings. The van der Waals surface area contributed by atoms with E-state index in [-0.39, 0.29) is 5.54 Å². The van der Waals surface area contributed by atoms with E-state index in [1.165, 1.54) is 34.2 Å². The Kier molecular flexibility index (Phi) is 2.81. The molecule has 0 unspecified atom stereocenters. The minimum Gasteiger partial charge on any atom is -0.321 e. The largest absolute Gasteiger partial charge is 0.321 e. The van der Waals surface area contributed by atoms with Crippen LogP contribution in [0.1, 0.15) is 37.7 Å². The first kappa shape index (κ1) is 11.1. The molecule has 0 atom stereocenters. The van der Waals surface area contributed by atoms with E-state index in [2.05, 4.69) is 34.1 Å². The van der Waals surface area contributed by atoms with Gasteiger partial charge in [0.25, 0.3) is 0 Å². The van der Waals surface area contributed by atoms with E-state index in [1.807, 2.05) is 11.8 Å². The van der Waals surface area contributed by atoms with Crippen molar-refractivity contribution < 1.29 is 0 Å². The molecular weight excluding hydrogens is 282 g/mol. The van der Waals surface area contributed by atoms with E-state index < -0.39 is 0 Å². The van der Waals surface area contributed by atoms with Crippen LogP contribution in [0.5, 0.6) is 0 Å². The fraction of sp³-hybridized carbons (Fsp3) is 0.538. The molecule has 2 aliphatic carbocycles. The maximum Gasteiger partial charge on any atom is 0.0410 e. The zero-order chi connectivity index (χ0) is 11.2. The SMILES string of the molecule is NC1(c2ccc(SC3CC3)c(Br)c2)CCC1. The predicted molar refractivity (Wildman–Crippen MR) is 72.7 cm³/mol. The Hall–Kier alpha value is 0.01000. The molecule has 0 bridgehead atoms. The highest BCUT2D eigenvalue weighted by Gasteiger charge is 2.34. The summed E-state index contributed by atoms with van der Waals surface area (Å²) in [6.07, 6.45) is 6.29. The number of hydrogen-bond acceptors (Lipinski definition) is 2. The molecule has 2 N–H and O–H groups in total. The van der Waals surface area contributed by atoms with Crippen molar-refractivity contribution in [2.75, 3.05) is 0 Å². The summed E-state index contributed by atoms with van der Waals surface area (Å²) in [6.45, 7) is 0. The van der Waals surface area contributed by atoms with E-state index in [1.54, 1.807) is 0 Å². The third-order valence-electron chi connectivity index (χ3n) is 3.57. The molecule has 0 aromatic heterocycles. The first-order valence-corrected chi connectivity index (χ1v) is 7.60. The van der Waals surface area contributed by atoms with Crippen molar-refractivity contribution in [3.8, 4) is 0 Å². The molecule has 0 spiro atoms. The van der Waals surface area contributed by atoms with Gasteiger partial charge in [-0.3, -0.25) is 0 Å². The van der Waals surface area contributed by atoms with Gasteiger partial charge in [0, 0.05) is 20.2 Å². The zero-order valence-electron chi connectivity index (χ0n) is 9.21. The Morgan fingerprint density at radius 1 is 1.31 bits per heavy atom. The molecule has 1 aromatic carbocycles. The molecule has 1 aromatic rings. The van der Waals surface area contributed by atoms with Crippen LogP contribution in [0, 0.1) is 0 Å². The van der Waals surface area contributed by atoms with Gasteiger partial charge in [-0.2, -0.15) is 0 Å². The minimum absolute atomic E-state index is 0.0364. The molecule has 2 saturated carbocycles. The fourth-order valence-electron chi connectivity index (χ4n) is 2.12. The van der Waals surface area contributed by atoms with Crippen LogP contribution in [-0.4, -0.2) is 5.25 Å². The van der Waals surface area contributed by atoms with Crippen molar-refractivity contribution in [3.63, 3.8) is 0 Å². The normalized spacial score (nSPS) is 22.9. The standard InChI is InChI=1S/C13H16BrNS/c14-11-8-9(13(15)6-1-7-13)2-5-12(11)16-10-3-4-10/h2,5,8,10H,1,3-4,6-7,15H2. The molecule has 0 amide bonds. The van der Waals surface area contributed by atoms with Crippen LogP contribution in [0.4, 0.5) is 0 Å². The Bertz CT molecular complexity index is 410. The lowest BCUT2D eigenvalue weighted by Gasteiger charge is -2.38. The Morgan fingerprint density at radius 2 is 2.06 bits per heavy atom. The molecule has 0 aliphatic heterocycles. The predicted octanol–water partition coefficient (Wildman–Crippen LogP) is 4.04. The van der Waals surface area contributed by atoms with Gasteiger partial charge < -0.3 is 5.73 Å². The highest BCUT2D eigenvalue weighted by Crippen LogP contribution is 2.44. The molecule has 0 radical (unpaired) electrons. The lowest BCUT2D eigenvalue weighted by molar-refractivity contribution is 0.253. The van der Waals surface area contributed by atoms with Crippen molar-refractivity contribution in [3.05, 3.63) is 28.2 Å². The van der Waals surface area contributed by atoms with Gasteiger partial charge in [0.15, 0.2) is 0 Å². The monoisotopic (exact) mass is 297 g/mol. The Morgan fingerprint density at radius 3 is 2.56 bits per heavy atom. The third-order valence-corrected chi connectivity index (χ3v) is 5.90. The van der Waals surface area contributed by atoms with E-state index in [4.69, 9.17) is 5.73 Å². The molecule has 86 valence electrons. The topological polar surface area (TPSA) is 26.0 Å². The van der Waals surface area contributed by atoms with E-state index in [0.29, 0.717) is 0 Å². The average molecular weight is 298 g/mol. The van der Waals surface area contributed by atoms with Crippen molar-refractivity contribution >= 4 is 27.7 Å². The Labute approximate surface area is 109 Å². The summed E-state index contributed by atoms with van der Waals surface area (Å²) in [5.74, 6) is 0. The van der Waals surface area contributed by atoms with Crippen molar-refractivity contribution in [2.24, 2.45) is 5.73 Å².